The normalized spacial score (nSPS) is 10.6. The van der Waals surface area contributed by atoms with E-state index in [1.807, 2.05) is 0 Å². The average molecular weight is 365 g/mol. The van der Waals surface area contributed by atoms with Gasteiger partial charge in [-0.3, -0.25) is 0 Å². The molecule has 0 aromatic heterocycles. The minimum Gasteiger partial charge on any atom is -0.489 e. The molecule has 5 nitrogen and oxygen atoms in total. The van der Waals surface area contributed by atoms with E-state index in [0.717, 1.165) is 5.56 Å². The zero-order chi connectivity index (χ0) is 15.9. The van der Waals surface area contributed by atoms with Crippen molar-refractivity contribution in [2.45, 2.75) is 6.61 Å². The highest BCUT2D eigenvalue weighted by Gasteiger charge is 2.03. The number of halogens is 2. The molecule has 0 aliphatic carbocycles. The summed E-state index contributed by atoms with van der Waals surface area (Å²) in [6.45, 7) is 0.153. The van der Waals surface area contributed by atoms with Crippen LogP contribution in [0.3, 0.4) is 0 Å². The summed E-state index contributed by atoms with van der Waals surface area (Å²) in [7, 11) is 0. The first kappa shape index (κ1) is 16.0. The lowest BCUT2D eigenvalue weighted by molar-refractivity contribution is 0.300. The van der Waals surface area contributed by atoms with Crippen LogP contribution in [0, 0.1) is 5.82 Å². The lowest BCUT2D eigenvalue weighted by Crippen LogP contribution is -2.21. The average Bonchev–Trinajstić information content (AvgIpc) is 2.47. The summed E-state index contributed by atoms with van der Waals surface area (Å²) in [5, 5.41) is 7.20. The molecule has 0 spiro atoms. The maximum Gasteiger partial charge on any atom is 0.211 e. The van der Waals surface area contributed by atoms with Crippen LogP contribution in [-0.2, 0) is 6.61 Å². The van der Waals surface area contributed by atoms with Crippen LogP contribution in [0.15, 0.2) is 57.1 Å². The monoisotopic (exact) mass is 364 g/mol. The van der Waals surface area contributed by atoms with Crippen LogP contribution < -0.4 is 16.2 Å². The minimum atomic E-state index is -0.310. The summed E-state index contributed by atoms with van der Waals surface area (Å²) in [6, 6.07) is 11.9. The Hall–Kier alpha value is -2.41. The minimum absolute atomic E-state index is 0.104. The zero-order valence-corrected chi connectivity index (χ0v) is 13.1. The van der Waals surface area contributed by atoms with Crippen LogP contribution in [0.4, 0.5) is 4.39 Å². The molecule has 2 aromatic rings. The predicted octanol–water partition coefficient (Wildman–Crippen LogP) is 2.77. The molecule has 0 aliphatic rings. The summed E-state index contributed by atoms with van der Waals surface area (Å²) in [6.07, 6.45) is 1.51. The van der Waals surface area contributed by atoms with Crippen molar-refractivity contribution in [3.63, 3.8) is 0 Å². The maximum absolute atomic E-state index is 13.7. The topological polar surface area (TPSA) is 86.0 Å². The summed E-state index contributed by atoms with van der Waals surface area (Å²) in [5.74, 6) is 0.212. The largest absolute Gasteiger partial charge is 0.489 e. The van der Waals surface area contributed by atoms with Crippen LogP contribution in [0.5, 0.6) is 5.75 Å². The Kier molecular flexibility index (Phi) is 5.48. The van der Waals surface area contributed by atoms with Crippen LogP contribution in [0.1, 0.15) is 11.1 Å². The van der Waals surface area contributed by atoms with Crippen LogP contribution in [0.25, 0.3) is 0 Å². The molecule has 7 heteroatoms. The highest BCUT2D eigenvalue weighted by Crippen LogP contribution is 2.18. The number of nitrogens with two attached hydrogens (primary N) is 2. The number of benzene rings is 2. The number of ether oxygens (including phenoxy) is 1. The molecular weight excluding hydrogens is 351 g/mol. The Bertz CT molecular complexity index is 697. The van der Waals surface area contributed by atoms with Gasteiger partial charge in [-0.2, -0.15) is 5.10 Å². The van der Waals surface area contributed by atoms with E-state index in [9.17, 15) is 4.39 Å². The molecule has 0 aliphatic heterocycles. The second kappa shape index (κ2) is 7.56. The van der Waals surface area contributed by atoms with Crippen molar-refractivity contribution in [2.75, 3.05) is 0 Å². The second-order valence-corrected chi connectivity index (χ2v) is 5.28. The van der Waals surface area contributed by atoms with Gasteiger partial charge in [-0.1, -0.05) is 22.0 Å². The third kappa shape index (κ3) is 4.85. The van der Waals surface area contributed by atoms with E-state index in [-0.39, 0.29) is 18.4 Å². The first-order valence-electron chi connectivity index (χ1n) is 6.33. The van der Waals surface area contributed by atoms with Crippen molar-refractivity contribution in [2.24, 2.45) is 21.7 Å². The first-order chi connectivity index (χ1) is 10.5. The fourth-order valence-electron chi connectivity index (χ4n) is 1.61. The Balaban J connectivity index is 1.96. The Morgan fingerprint density at radius 2 is 1.91 bits per heavy atom. The summed E-state index contributed by atoms with van der Waals surface area (Å²) in [4.78, 5) is 0. The van der Waals surface area contributed by atoms with Crippen molar-refractivity contribution in [3.8, 4) is 5.75 Å². The van der Waals surface area contributed by atoms with Gasteiger partial charge in [0.2, 0.25) is 5.96 Å². The van der Waals surface area contributed by atoms with Crippen molar-refractivity contribution >= 4 is 28.1 Å². The van der Waals surface area contributed by atoms with Crippen LogP contribution in [-0.4, -0.2) is 12.2 Å². The second-order valence-electron chi connectivity index (χ2n) is 4.36. The molecule has 2 aromatic carbocycles. The van der Waals surface area contributed by atoms with Crippen molar-refractivity contribution in [3.05, 3.63) is 63.9 Å². The molecular formula is C15H14BrFN4O. The lowest BCUT2D eigenvalue weighted by atomic mass is 10.2. The number of nitrogens with zero attached hydrogens (tertiary/aromatic N) is 2. The Labute approximate surface area is 135 Å². The number of hydrogen-bond donors (Lipinski definition) is 2. The van der Waals surface area contributed by atoms with Gasteiger partial charge >= 0.3 is 0 Å². The quantitative estimate of drug-likeness (QED) is 0.485. The molecule has 114 valence electrons. The number of rotatable bonds is 5. The molecule has 0 saturated heterocycles. The third-order valence-electron chi connectivity index (χ3n) is 2.67. The molecule has 0 heterocycles. The van der Waals surface area contributed by atoms with E-state index in [4.69, 9.17) is 16.2 Å². The smallest absolute Gasteiger partial charge is 0.211 e. The highest BCUT2D eigenvalue weighted by molar-refractivity contribution is 9.10. The summed E-state index contributed by atoms with van der Waals surface area (Å²) in [5.41, 5.74) is 11.6. The summed E-state index contributed by atoms with van der Waals surface area (Å²) < 4.78 is 19.9. The molecule has 2 rings (SSSR count). The van der Waals surface area contributed by atoms with E-state index in [0.29, 0.717) is 15.8 Å². The van der Waals surface area contributed by atoms with E-state index < -0.39 is 0 Å². The van der Waals surface area contributed by atoms with Crippen LogP contribution in [0.2, 0.25) is 0 Å². The van der Waals surface area contributed by atoms with E-state index in [2.05, 4.69) is 26.1 Å². The fraction of sp³-hybridized carbons (Fsp3) is 0.0667. The molecule has 0 amide bonds. The van der Waals surface area contributed by atoms with Gasteiger partial charge in [0.1, 0.15) is 18.2 Å². The number of guanidine groups is 1. The molecule has 0 saturated carbocycles. The van der Waals surface area contributed by atoms with Gasteiger partial charge in [0.25, 0.3) is 0 Å². The van der Waals surface area contributed by atoms with Gasteiger partial charge in [-0.05, 0) is 42.0 Å². The van der Waals surface area contributed by atoms with Crippen LogP contribution >= 0.6 is 15.9 Å². The van der Waals surface area contributed by atoms with Gasteiger partial charge in [-0.15, -0.1) is 5.10 Å². The SMILES string of the molecule is NC(N)=NN=Cc1ccc(OCc2ccc(Br)cc2F)cc1. The van der Waals surface area contributed by atoms with Gasteiger partial charge in [-0.25, -0.2) is 4.39 Å². The molecule has 0 bridgehead atoms. The lowest BCUT2D eigenvalue weighted by Gasteiger charge is -2.07. The predicted molar refractivity (Wildman–Crippen MR) is 88.3 cm³/mol. The standard InChI is InChI=1S/C15H14BrFN4O/c16-12-4-3-11(14(17)7-12)9-22-13-5-1-10(2-6-13)8-20-21-15(18)19/h1-8H,9H2,(H4,18,19,21). The highest BCUT2D eigenvalue weighted by atomic mass is 79.9. The molecule has 22 heavy (non-hydrogen) atoms. The van der Waals surface area contributed by atoms with E-state index in [1.54, 1.807) is 36.4 Å². The van der Waals surface area contributed by atoms with E-state index >= 15 is 0 Å². The fourth-order valence-corrected chi connectivity index (χ4v) is 1.95. The Morgan fingerprint density at radius 3 is 2.55 bits per heavy atom. The molecule has 0 radical (unpaired) electrons. The van der Waals surface area contributed by atoms with Gasteiger partial charge in [0.05, 0.1) is 6.21 Å². The molecule has 0 atom stereocenters. The zero-order valence-electron chi connectivity index (χ0n) is 11.5. The van der Waals surface area contributed by atoms with Crippen molar-refractivity contribution in [1.29, 1.82) is 0 Å². The first-order valence-corrected chi connectivity index (χ1v) is 7.12. The molecule has 4 N–H and O–H groups in total. The Morgan fingerprint density at radius 1 is 1.18 bits per heavy atom. The summed E-state index contributed by atoms with van der Waals surface area (Å²) >= 11 is 3.21. The third-order valence-corrected chi connectivity index (χ3v) is 3.16. The van der Waals surface area contributed by atoms with Gasteiger partial charge in [0, 0.05) is 10.0 Å². The van der Waals surface area contributed by atoms with E-state index in [1.165, 1.54) is 12.3 Å². The molecule has 0 unspecified atom stereocenters. The number of hydrogen-bond acceptors (Lipinski definition) is 3. The molecule has 0 fully saturated rings. The van der Waals surface area contributed by atoms with Crippen molar-refractivity contribution < 1.29 is 9.13 Å². The maximum atomic E-state index is 13.7. The van der Waals surface area contributed by atoms with Crippen molar-refractivity contribution in [1.82, 2.24) is 0 Å². The van der Waals surface area contributed by atoms with Gasteiger partial charge in [0.15, 0.2) is 0 Å². The van der Waals surface area contributed by atoms with Gasteiger partial charge < -0.3 is 16.2 Å².